The molecule has 0 bridgehead atoms. The molecule has 66 valence electrons. The molecule has 2 nitrogen and oxygen atoms in total. The SMILES string of the molecule is CC(C)CN1CCC(CO)C1. The summed E-state index contributed by atoms with van der Waals surface area (Å²) in [4.78, 5) is 2.45. The van der Waals surface area contributed by atoms with Crippen molar-refractivity contribution in [1.29, 1.82) is 0 Å². The highest BCUT2D eigenvalue weighted by atomic mass is 16.3. The van der Waals surface area contributed by atoms with Crippen LogP contribution in [0.5, 0.6) is 0 Å². The summed E-state index contributed by atoms with van der Waals surface area (Å²) in [5.74, 6) is 1.31. The summed E-state index contributed by atoms with van der Waals surface area (Å²) in [5, 5.41) is 8.89. The van der Waals surface area contributed by atoms with E-state index in [1.54, 1.807) is 0 Å². The summed E-state index contributed by atoms with van der Waals surface area (Å²) >= 11 is 0. The Kier molecular flexibility index (Phi) is 3.34. The Morgan fingerprint density at radius 2 is 2.27 bits per heavy atom. The van der Waals surface area contributed by atoms with Crippen molar-refractivity contribution in [2.45, 2.75) is 20.3 Å². The smallest absolute Gasteiger partial charge is 0.0471 e. The second-order valence-electron chi connectivity index (χ2n) is 3.99. The van der Waals surface area contributed by atoms with Crippen LogP contribution in [0, 0.1) is 11.8 Å². The van der Waals surface area contributed by atoms with Crippen LogP contribution in [0.2, 0.25) is 0 Å². The molecule has 0 radical (unpaired) electrons. The van der Waals surface area contributed by atoms with Gasteiger partial charge < -0.3 is 10.0 Å². The molecule has 0 aromatic carbocycles. The lowest BCUT2D eigenvalue weighted by Crippen LogP contribution is -2.25. The fourth-order valence-electron chi connectivity index (χ4n) is 1.74. The van der Waals surface area contributed by atoms with Crippen LogP contribution in [0.3, 0.4) is 0 Å². The minimum absolute atomic E-state index is 0.370. The first-order valence-electron chi connectivity index (χ1n) is 4.55. The second-order valence-corrected chi connectivity index (χ2v) is 3.99. The first-order valence-corrected chi connectivity index (χ1v) is 4.55. The molecule has 0 aliphatic carbocycles. The van der Waals surface area contributed by atoms with E-state index in [0.29, 0.717) is 12.5 Å². The van der Waals surface area contributed by atoms with Crippen molar-refractivity contribution in [2.24, 2.45) is 11.8 Å². The van der Waals surface area contributed by atoms with Gasteiger partial charge in [0.15, 0.2) is 0 Å². The van der Waals surface area contributed by atoms with Gasteiger partial charge in [-0.1, -0.05) is 13.8 Å². The van der Waals surface area contributed by atoms with Crippen LogP contribution in [0.4, 0.5) is 0 Å². The Morgan fingerprint density at radius 3 is 2.73 bits per heavy atom. The van der Waals surface area contributed by atoms with Crippen molar-refractivity contribution < 1.29 is 5.11 Å². The van der Waals surface area contributed by atoms with Gasteiger partial charge in [0, 0.05) is 19.7 Å². The predicted molar refractivity (Wildman–Crippen MR) is 46.5 cm³/mol. The number of hydrogen-bond donors (Lipinski definition) is 1. The van der Waals surface area contributed by atoms with Crippen LogP contribution in [0.15, 0.2) is 0 Å². The number of nitrogens with zero attached hydrogens (tertiary/aromatic N) is 1. The predicted octanol–water partition coefficient (Wildman–Crippen LogP) is 0.957. The minimum atomic E-state index is 0.370. The third kappa shape index (κ3) is 2.80. The molecule has 1 rings (SSSR count). The molecule has 1 saturated heterocycles. The van der Waals surface area contributed by atoms with Gasteiger partial charge in [0.25, 0.3) is 0 Å². The van der Waals surface area contributed by atoms with Gasteiger partial charge in [0.05, 0.1) is 0 Å². The fraction of sp³-hybridized carbons (Fsp3) is 1.00. The topological polar surface area (TPSA) is 23.5 Å². The van der Waals surface area contributed by atoms with Crippen LogP contribution in [-0.2, 0) is 0 Å². The molecule has 1 atom stereocenters. The molecule has 0 amide bonds. The van der Waals surface area contributed by atoms with Gasteiger partial charge in [-0.05, 0) is 24.8 Å². The highest BCUT2D eigenvalue weighted by molar-refractivity contribution is 4.75. The Labute approximate surface area is 69.2 Å². The summed E-state index contributed by atoms with van der Waals surface area (Å²) in [6, 6.07) is 0. The first-order chi connectivity index (χ1) is 5.22. The molecule has 1 N–H and O–H groups in total. The maximum atomic E-state index is 8.89. The van der Waals surface area contributed by atoms with E-state index in [-0.39, 0.29) is 0 Å². The van der Waals surface area contributed by atoms with Gasteiger partial charge in [-0.2, -0.15) is 0 Å². The molecule has 2 heteroatoms. The highest BCUT2D eigenvalue weighted by Crippen LogP contribution is 2.16. The normalized spacial score (nSPS) is 26.7. The molecule has 0 aromatic rings. The molecule has 1 aliphatic rings. The van der Waals surface area contributed by atoms with E-state index >= 15 is 0 Å². The van der Waals surface area contributed by atoms with Crippen molar-refractivity contribution in [3.8, 4) is 0 Å². The van der Waals surface area contributed by atoms with Crippen LogP contribution < -0.4 is 0 Å². The molecule has 1 aliphatic heterocycles. The summed E-state index contributed by atoms with van der Waals surface area (Å²) in [7, 11) is 0. The minimum Gasteiger partial charge on any atom is -0.396 e. The number of aliphatic hydroxyl groups excluding tert-OH is 1. The third-order valence-corrected chi connectivity index (χ3v) is 2.25. The molecular weight excluding hydrogens is 138 g/mol. The maximum absolute atomic E-state index is 8.89. The van der Waals surface area contributed by atoms with Crippen molar-refractivity contribution in [1.82, 2.24) is 4.90 Å². The molecule has 1 fully saturated rings. The Morgan fingerprint density at radius 1 is 1.55 bits per heavy atom. The number of hydrogen-bond acceptors (Lipinski definition) is 2. The van der Waals surface area contributed by atoms with E-state index in [1.807, 2.05) is 0 Å². The van der Waals surface area contributed by atoms with E-state index in [4.69, 9.17) is 5.11 Å². The molecule has 0 spiro atoms. The van der Waals surface area contributed by atoms with E-state index in [2.05, 4.69) is 18.7 Å². The van der Waals surface area contributed by atoms with Crippen LogP contribution in [-0.4, -0.2) is 36.2 Å². The summed E-state index contributed by atoms with van der Waals surface area (Å²) in [6.07, 6.45) is 1.18. The van der Waals surface area contributed by atoms with E-state index < -0.39 is 0 Å². The van der Waals surface area contributed by atoms with Crippen LogP contribution >= 0.6 is 0 Å². The average molecular weight is 157 g/mol. The zero-order valence-corrected chi connectivity index (χ0v) is 7.58. The molecule has 0 saturated carbocycles. The van der Waals surface area contributed by atoms with Gasteiger partial charge in [-0.3, -0.25) is 0 Å². The highest BCUT2D eigenvalue weighted by Gasteiger charge is 2.21. The standard InChI is InChI=1S/C9H19NO/c1-8(2)5-10-4-3-9(6-10)7-11/h8-9,11H,3-7H2,1-2H3. The molecule has 1 unspecified atom stereocenters. The molecule has 11 heavy (non-hydrogen) atoms. The molecular formula is C9H19NO. The number of rotatable bonds is 3. The Balaban J connectivity index is 2.19. The summed E-state index contributed by atoms with van der Waals surface area (Å²) in [6.45, 7) is 8.34. The quantitative estimate of drug-likeness (QED) is 0.659. The fourth-order valence-corrected chi connectivity index (χ4v) is 1.74. The Bertz CT molecular complexity index is 114. The zero-order valence-electron chi connectivity index (χ0n) is 7.58. The van der Waals surface area contributed by atoms with Gasteiger partial charge >= 0.3 is 0 Å². The maximum Gasteiger partial charge on any atom is 0.0471 e. The van der Waals surface area contributed by atoms with Gasteiger partial charge in [0.1, 0.15) is 0 Å². The first kappa shape index (κ1) is 9.01. The van der Waals surface area contributed by atoms with Gasteiger partial charge in [-0.15, -0.1) is 0 Å². The number of likely N-dealkylation sites (tertiary alicyclic amines) is 1. The van der Waals surface area contributed by atoms with E-state index in [9.17, 15) is 0 Å². The van der Waals surface area contributed by atoms with Crippen molar-refractivity contribution in [3.05, 3.63) is 0 Å². The van der Waals surface area contributed by atoms with Gasteiger partial charge in [0.2, 0.25) is 0 Å². The van der Waals surface area contributed by atoms with Crippen LogP contribution in [0.1, 0.15) is 20.3 Å². The summed E-state index contributed by atoms with van der Waals surface area (Å²) < 4.78 is 0. The van der Waals surface area contributed by atoms with Crippen molar-refractivity contribution in [2.75, 3.05) is 26.2 Å². The Hall–Kier alpha value is -0.0800. The molecule has 0 aromatic heterocycles. The average Bonchev–Trinajstić information content (AvgIpc) is 2.34. The van der Waals surface area contributed by atoms with Gasteiger partial charge in [-0.25, -0.2) is 0 Å². The lowest BCUT2D eigenvalue weighted by Gasteiger charge is -2.17. The lowest BCUT2D eigenvalue weighted by atomic mass is 10.1. The largest absolute Gasteiger partial charge is 0.396 e. The summed E-state index contributed by atoms with van der Waals surface area (Å²) in [5.41, 5.74) is 0. The number of aliphatic hydroxyl groups is 1. The zero-order chi connectivity index (χ0) is 8.27. The van der Waals surface area contributed by atoms with E-state index in [0.717, 1.165) is 12.5 Å². The lowest BCUT2D eigenvalue weighted by molar-refractivity contribution is 0.216. The monoisotopic (exact) mass is 157 g/mol. The van der Waals surface area contributed by atoms with Crippen LogP contribution in [0.25, 0.3) is 0 Å². The third-order valence-electron chi connectivity index (χ3n) is 2.25. The second kappa shape index (κ2) is 4.07. The molecule has 1 heterocycles. The van der Waals surface area contributed by atoms with Crippen molar-refractivity contribution in [3.63, 3.8) is 0 Å². The van der Waals surface area contributed by atoms with Crippen molar-refractivity contribution >= 4 is 0 Å². The van der Waals surface area contributed by atoms with E-state index in [1.165, 1.54) is 19.5 Å².